The van der Waals surface area contributed by atoms with Crippen LogP contribution in [0.2, 0.25) is 0 Å². The van der Waals surface area contributed by atoms with Crippen molar-refractivity contribution in [1.29, 1.82) is 0 Å². The van der Waals surface area contributed by atoms with Crippen LogP contribution in [0, 0.1) is 0 Å². The number of aliphatic hydroxyl groups is 1. The molecule has 0 saturated carbocycles. The van der Waals surface area contributed by atoms with E-state index in [2.05, 4.69) is 9.97 Å². The van der Waals surface area contributed by atoms with Crippen molar-refractivity contribution in [2.45, 2.75) is 38.5 Å². The lowest BCUT2D eigenvalue weighted by Crippen LogP contribution is -2.33. The zero-order valence-electron chi connectivity index (χ0n) is 18.9. The highest BCUT2D eigenvalue weighted by Gasteiger charge is 2.21. The van der Waals surface area contributed by atoms with Gasteiger partial charge in [-0.25, -0.2) is 14.3 Å². The number of imidazole rings is 1. The van der Waals surface area contributed by atoms with Crippen molar-refractivity contribution in [3.05, 3.63) is 73.8 Å². The molecule has 0 amide bonds. The third kappa shape index (κ3) is 3.19. The Labute approximate surface area is 198 Å². The van der Waals surface area contributed by atoms with E-state index in [1.807, 2.05) is 46.6 Å². The summed E-state index contributed by atoms with van der Waals surface area (Å²) in [6.07, 6.45) is 9.27. The van der Waals surface area contributed by atoms with Crippen LogP contribution < -0.4 is 11.2 Å². The lowest BCUT2D eigenvalue weighted by atomic mass is 10.1. The molecule has 1 aliphatic rings. The second kappa shape index (κ2) is 8.11. The Morgan fingerprint density at radius 1 is 1.15 bits per heavy atom. The molecular weight excluding hydrogens is 450 g/mol. The van der Waals surface area contributed by atoms with Gasteiger partial charge in [0.05, 0.1) is 17.7 Å². The average molecular weight is 476 g/mol. The van der Waals surface area contributed by atoms with E-state index in [1.54, 1.807) is 17.5 Å². The van der Waals surface area contributed by atoms with E-state index in [-0.39, 0.29) is 12.2 Å². The molecule has 0 fully saturated rings. The van der Waals surface area contributed by atoms with Crippen molar-refractivity contribution < 1.29 is 5.11 Å². The Morgan fingerprint density at radius 2 is 2.00 bits per heavy atom. The Hall–Kier alpha value is -3.43. The number of hydrogen-bond acceptors (Lipinski definition) is 5. The number of nitrogens with zero attached hydrogens (tertiary/aromatic N) is 4. The summed E-state index contributed by atoms with van der Waals surface area (Å²) in [4.78, 5) is 35.9. The van der Waals surface area contributed by atoms with E-state index >= 15 is 0 Å². The van der Waals surface area contributed by atoms with Gasteiger partial charge in [-0.1, -0.05) is 6.42 Å². The van der Waals surface area contributed by atoms with Gasteiger partial charge in [0, 0.05) is 41.6 Å². The third-order valence-electron chi connectivity index (χ3n) is 6.82. The molecule has 6 rings (SSSR count). The topological polar surface area (TPSA) is 97.8 Å². The number of rotatable bonds is 4. The maximum absolute atomic E-state index is 13.6. The number of aryl methyl sites for hydroxylation is 3. The Balaban J connectivity index is 1.52. The van der Waals surface area contributed by atoms with Crippen LogP contribution in [0.3, 0.4) is 0 Å². The molecule has 2 N–H and O–H groups in total. The second-order valence-corrected chi connectivity index (χ2v) is 9.94. The smallest absolute Gasteiger partial charge is 0.334 e. The number of benzene rings is 1. The highest BCUT2D eigenvalue weighted by Crippen LogP contribution is 2.32. The summed E-state index contributed by atoms with van der Waals surface area (Å²) in [7, 11) is 1.96. The van der Waals surface area contributed by atoms with E-state index in [0.717, 1.165) is 53.8 Å². The average Bonchev–Trinajstić information content (AvgIpc) is 3.45. The van der Waals surface area contributed by atoms with Crippen molar-refractivity contribution in [3.63, 3.8) is 0 Å². The highest BCUT2D eigenvalue weighted by atomic mass is 32.1. The van der Waals surface area contributed by atoms with Crippen molar-refractivity contribution in [2.24, 2.45) is 7.05 Å². The summed E-state index contributed by atoms with van der Waals surface area (Å²) in [5, 5.41) is 10.9. The SMILES string of the molecule is Cn1c(-n2ccnc2CCO)cc2cc(-n3c(=O)[nH]c4sc5c(c4c3=O)CCCCC5)ccc21. The molecule has 1 aliphatic carbocycles. The molecule has 34 heavy (non-hydrogen) atoms. The summed E-state index contributed by atoms with van der Waals surface area (Å²) in [6, 6.07) is 7.65. The fraction of sp³-hybridized carbons (Fsp3) is 0.320. The molecule has 1 aromatic carbocycles. The minimum Gasteiger partial charge on any atom is -0.396 e. The quantitative estimate of drug-likeness (QED) is 0.390. The van der Waals surface area contributed by atoms with Crippen LogP contribution in [0.15, 0.2) is 46.2 Å². The van der Waals surface area contributed by atoms with Crippen LogP contribution in [0.5, 0.6) is 0 Å². The molecule has 8 nitrogen and oxygen atoms in total. The van der Waals surface area contributed by atoms with Gasteiger partial charge < -0.3 is 9.67 Å². The number of thiophene rings is 1. The number of H-pyrrole nitrogens is 1. The van der Waals surface area contributed by atoms with Gasteiger partial charge in [-0.3, -0.25) is 14.3 Å². The zero-order valence-corrected chi connectivity index (χ0v) is 19.7. The molecule has 9 heteroatoms. The molecule has 0 aliphatic heterocycles. The molecule has 4 aromatic heterocycles. The van der Waals surface area contributed by atoms with Gasteiger partial charge in [0.1, 0.15) is 16.5 Å². The highest BCUT2D eigenvalue weighted by molar-refractivity contribution is 7.18. The van der Waals surface area contributed by atoms with Gasteiger partial charge in [0.2, 0.25) is 0 Å². The molecule has 174 valence electrons. The molecule has 0 saturated heterocycles. The summed E-state index contributed by atoms with van der Waals surface area (Å²) in [6.45, 7) is 0.0194. The Bertz CT molecular complexity index is 1670. The normalized spacial score (nSPS) is 14.1. The van der Waals surface area contributed by atoms with Gasteiger partial charge in [0.25, 0.3) is 5.56 Å². The maximum atomic E-state index is 13.6. The first-order valence-electron chi connectivity index (χ1n) is 11.6. The minimum absolute atomic E-state index is 0.0194. The summed E-state index contributed by atoms with van der Waals surface area (Å²) >= 11 is 1.56. The van der Waals surface area contributed by atoms with E-state index < -0.39 is 5.69 Å². The van der Waals surface area contributed by atoms with E-state index in [1.165, 1.54) is 15.9 Å². The molecular formula is C25H25N5O3S. The Morgan fingerprint density at radius 3 is 2.85 bits per heavy atom. The number of fused-ring (bicyclic) bond motifs is 4. The Kier molecular flexibility index (Phi) is 5.04. The summed E-state index contributed by atoms with van der Waals surface area (Å²) < 4.78 is 5.25. The van der Waals surface area contributed by atoms with Crippen LogP contribution in [0.25, 0.3) is 32.6 Å². The van der Waals surface area contributed by atoms with Gasteiger partial charge in [0.15, 0.2) is 0 Å². The van der Waals surface area contributed by atoms with Crippen LogP contribution in [-0.2, 0) is 26.3 Å². The van der Waals surface area contributed by atoms with E-state index in [4.69, 9.17) is 0 Å². The fourth-order valence-corrected chi connectivity index (χ4v) is 6.44. The predicted molar refractivity (Wildman–Crippen MR) is 134 cm³/mol. The van der Waals surface area contributed by atoms with Crippen molar-refractivity contribution >= 4 is 32.5 Å². The van der Waals surface area contributed by atoms with E-state index in [0.29, 0.717) is 22.3 Å². The standard InChI is InChI=1S/C25H25N5O3S/c1-28-18-8-7-16(13-15(18)14-21(28)29-11-10-26-20(29)9-12-31)30-24(32)22-17-5-3-2-4-6-19(17)34-23(22)27-25(30)33/h7-8,10-11,13-14,31H,2-6,9,12H2,1H3,(H,27,33). The molecule has 4 heterocycles. The van der Waals surface area contributed by atoms with Gasteiger partial charge in [-0.15, -0.1) is 11.3 Å². The zero-order chi connectivity index (χ0) is 23.4. The van der Waals surface area contributed by atoms with Gasteiger partial charge >= 0.3 is 5.69 Å². The van der Waals surface area contributed by atoms with Crippen LogP contribution in [0.4, 0.5) is 0 Å². The largest absolute Gasteiger partial charge is 0.396 e. The fourth-order valence-electron chi connectivity index (χ4n) is 5.17. The summed E-state index contributed by atoms with van der Waals surface area (Å²) in [5.41, 5.74) is 1.98. The number of aromatic amines is 1. The molecule has 0 unspecified atom stereocenters. The summed E-state index contributed by atoms with van der Waals surface area (Å²) in [5.74, 6) is 1.66. The second-order valence-electron chi connectivity index (χ2n) is 8.83. The van der Waals surface area contributed by atoms with Crippen molar-refractivity contribution in [1.82, 2.24) is 23.7 Å². The molecule has 5 aromatic rings. The molecule has 0 radical (unpaired) electrons. The monoisotopic (exact) mass is 475 g/mol. The predicted octanol–water partition coefficient (Wildman–Crippen LogP) is 3.22. The van der Waals surface area contributed by atoms with Gasteiger partial charge in [-0.2, -0.15) is 0 Å². The number of hydrogen-bond donors (Lipinski definition) is 2. The molecule has 0 atom stereocenters. The lowest BCUT2D eigenvalue weighted by molar-refractivity contribution is 0.296. The first-order valence-corrected chi connectivity index (χ1v) is 12.4. The van der Waals surface area contributed by atoms with Gasteiger partial charge in [-0.05, 0) is 55.5 Å². The van der Waals surface area contributed by atoms with Crippen molar-refractivity contribution in [3.8, 4) is 11.5 Å². The van der Waals surface area contributed by atoms with E-state index in [9.17, 15) is 14.7 Å². The van der Waals surface area contributed by atoms with Crippen molar-refractivity contribution in [2.75, 3.05) is 6.61 Å². The molecule has 0 spiro atoms. The first kappa shape index (κ1) is 21.1. The van der Waals surface area contributed by atoms with Crippen LogP contribution in [-0.4, -0.2) is 35.4 Å². The number of nitrogens with one attached hydrogen (secondary N) is 1. The van der Waals surface area contributed by atoms with Crippen LogP contribution >= 0.6 is 11.3 Å². The molecule has 0 bridgehead atoms. The lowest BCUT2D eigenvalue weighted by Gasteiger charge is -2.09. The third-order valence-corrected chi connectivity index (χ3v) is 8.03. The number of aliphatic hydroxyl groups excluding tert-OH is 1. The minimum atomic E-state index is -0.413. The van der Waals surface area contributed by atoms with Crippen LogP contribution in [0.1, 0.15) is 35.5 Å². The maximum Gasteiger partial charge on any atom is 0.334 e. The number of aromatic nitrogens is 5. The first-order chi connectivity index (χ1) is 16.6.